The molecular weight excluding hydrogens is 318 g/mol. The fraction of sp³-hybridized carbons (Fsp3) is 0.632. The molecule has 1 saturated heterocycles. The highest BCUT2D eigenvalue weighted by Crippen LogP contribution is 2.27. The predicted molar refractivity (Wildman–Crippen MR) is 100 cm³/mol. The molecule has 1 aromatic rings. The summed E-state index contributed by atoms with van der Waals surface area (Å²) in [6, 6.07) is 6.12. The molecule has 0 spiro atoms. The van der Waals surface area contributed by atoms with Gasteiger partial charge >= 0.3 is 0 Å². The minimum atomic E-state index is 0.774. The monoisotopic (exact) mass is 349 g/mol. The van der Waals surface area contributed by atoms with Gasteiger partial charge in [0.15, 0.2) is 11.5 Å². The highest BCUT2D eigenvalue weighted by Gasteiger charge is 2.14. The molecule has 0 aliphatic carbocycles. The van der Waals surface area contributed by atoms with E-state index in [1.165, 1.54) is 5.56 Å². The highest BCUT2D eigenvalue weighted by molar-refractivity contribution is 5.84. The standard InChI is InChI=1S/C19H31N3O3/c1-21(10-4-11-22-13-8-17(20-23)9-14-22)12-7-16-5-6-18(24-2)19(15-16)25-3/h5-6,15,23H,4,7-14H2,1-3H3. The number of piperidine rings is 1. The first-order valence-corrected chi connectivity index (χ1v) is 8.98. The van der Waals surface area contributed by atoms with Gasteiger partial charge in [0.25, 0.3) is 0 Å². The summed E-state index contributed by atoms with van der Waals surface area (Å²) in [5, 5.41) is 12.1. The van der Waals surface area contributed by atoms with Crippen molar-refractivity contribution in [2.75, 3.05) is 54.0 Å². The summed E-state index contributed by atoms with van der Waals surface area (Å²) in [6.45, 7) is 5.24. The van der Waals surface area contributed by atoms with Gasteiger partial charge in [-0.15, -0.1) is 0 Å². The van der Waals surface area contributed by atoms with Gasteiger partial charge in [-0.2, -0.15) is 0 Å². The molecule has 0 bridgehead atoms. The number of benzene rings is 1. The van der Waals surface area contributed by atoms with Gasteiger partial charge in [0.2, 0.25) is 0 Å². The Morgan fingerprint density at radius 1 is 1.12 bits per heavy atom. The Labute approximate surface area is 151 Å². The molecule has 0 radical (unpaired) electrons. The molecule has 0 amide bonds. The van der Waals surface area contributed by atoms with Crippen molar-refractivity contribution >= 4 is 5.71 Å². The van der Waals surface area contributed by atoms with Gasteiger partial charge in [-0.05, 0) is 50.7 Å². The van der Waals surface area contributed by atoms with Gasteiger partial charge in [0.05, 0.1) is 19.9 Å². The number of methoxy groups -OCH3 is 2. The molecule has 1 aliphatic heterocycles. The van der Waals surface area contributed by atoms with Gasteiger partial charge in [0.1, 0.15) is 0 Å². The lowest BCUT2D eigenvalue weighted by molar-refractivity contribution is 0.240. The van der Waals surface area contributed by atoms with Gasteiger partial charge in [-0.3, -0.25) is 0 Å². The largest absolute Gasteiger partial charge is 0.493 e. The molecule has 0 unspecified atom stereocenters. The van der Waals surface area contributed by atoms with E-state index in [0.29, 0.717) is 0 Å². The maximum Gasteiger partial charge on any atom is 0.160 e. The number of likely N-dealkylation sites (N-methyl/N-ethyl adjacent to an activating group) is 1. The molecule has 2 rings (SSSR count). The summed E-state index contributed by atoms with van der Waals surface area (Å²) < 4.78 is 10.6. The van der Waals surface area contributed by atoms with Crippen molar-refractivity contribution in [1.82, 2.24) is 9.80 Å². The average molecular weight is 349 g/mol. The second-order valence-corrected chi connectivity index (χ2v) is 6.60. The first-order chi connectivity index (χ1) is 12.2. The average Bonchev–Trinajstić information content (AvgIpc) is 2.66. The van der Waals surface area contributed by atoms with Crippen LogP contribution in [-0.2, 0) is 6.42 Å². The second kappa shape index (κ2) is 10.3. The van der Waals surface area contributed by atoms with Crippen LogP contribution >= 0.6 is 0 Å². The van der Waals surface area contributed by atoms with Crippen LogP contribution in [0.1, 0.15) is 24.8 Å². The van der Waals surface area contributed by atoms with Gasteiger partial charge in [-0.25, -0.2) is 0 Å². The third kappa shape index (κ3) is 6.21. The number of oxime groups is 1. The van der Waals surface area contributed by atoms with Gasteiger partial charge < -0.3 is 24.5 Å². The topological polar surface area (TPSA) is 57.5 Å². The summed E-state index contributed by atoms with van der Waals surface area (Å²) in [6.07, 6.45) is 3.95. The molecule has 0 atom stereocenters. The normalized spacial score (nSPS) is 15.4. The summed E-state index contributed by atoms with van der Waals surface area (Å²) in [4.78, 5) is 4.83. The fourth-order valence-electron chi connectivity index (χ4n) is 3.17. The minimum absolute atomic E-state index is 0.774. The third-order valence-corrected chi connectivity index (χ3v) is 4.82. The van der Waals surface area contributed by atoms with Crippen molar-refractivity contribution in [3.05, 3.63) is 23.8 Å². The van der Waals surface area contributed by atoms with Crippen LogP contribution in [0.5, 0.6) is 11.5 Å². The van der Waals surface area contributed by atoms with Crippen LogP contribution in [0.15, 0.2) is 23.4 Å². The Morgan fingerprint density at radius 3 is 2.48 bits per heavy atom. The molecule has 0 saturated carbocycles. The summed E-state index contributed by atoms with van der Waals surface area (Å²) in [7, 11) is 5.50. The minimum Gasteiger partial charge on any atom is -0.493 e. The third-order valence-electron chi connectivity index (χ3n) is 4.82. The predicted octanol–water partition coefficient (Wildman–Crippen LogP) is 2.49. The molecule has 1 fully saturated rings. The van der Waals surface area contributed by atoms with E-state index < -0.39 is 0 Å². The Hall–Kier alpha value is -1.79. The molecule has 1 aromatic carbocycles. The lowest BCUT2D eigenvalue weighted by Crippen LogP contribution is -2.36. The summed E-state index contributed by atoms with van der Waals surface area (Å²) in [5.41, 5.74) is 2.19. The van der Waals surface area contributed by atoms with E-state index >= 15 is 0 Å². The number of hydrogen-bond acceptors (Lipinski definition) is 6. The summed E-state index contributed by atoms with van der Waals surface area (Å²) >= 11 is 0. The van der Waals surface area contributed by atoms with E-state index in [9.17, 15) is 0 Å². The Kier molecular flexibility index (Phi) is 8.01. The second-order valence-electron chi connectivity index (χ2n) is 6.60. The van der Waals surface area contributed by atoms with Crippen molar-refractivity contribution in [2.24, 2.45) is 5.16 Å². The van der Waals surface area contributed by atoms with Crippen LogP contribution in [0.4, 0.5) is 0 Å². The molecule has 25 heavy (non-hydrogen) atoms. The first kappa shape index (κ1) is 19.5. The molecule has 1 heterocycles. The van der Waals surface area contributed by atoms with Crippen molar-refractivity contribution in [2.45, 2.75) is 25.7 Å². The SMILES string of the molecule is COc1ccc(CCN(C)CCCN2CCC(=NO)CC2)cc1OC. The first-order valence-electron chi connectivity index (χ1n) is 8.98. The number of hydrogen-bond donors (Lipinski definition) is 1. The maximum absolute atomic E-state index is 8.79. The van der Waals surface area contributed by atoms with Crippen LogP contribution < -0.4 is 9.47 Å². The van der Waals surface area contributed by atoms with Gasteiger partial charge in [-0.1, -0.05) is 11.2 Å². The van der Waals surface area contributed by atoms with Crippen molar-refractivity contribution in [1.29, 1.82) is 0 Å². The zero-order chi connectivity index (χ0) is 18.1. The van der Waals surface area contributed by atoms with Crippen LogP contribution in [0.3, 0.4) is 0 Å². The van der Waals surface area contributed by atoms with E-state index in [0.717, 1.165) is 75.6 Å². The Morgan fingerprint density at radius 2 is 1.84 bits per heavy atom. The quantitative estimate of drug-likeness (QED) is 0.548. The van der Waals surface area contributed by atoms with Crippen LogP contribution in [0, 0.1) is 0 Å². The molecular formula is C19H31N3O3. The number of likely N-dealkylation sites (tertiary alicyclic amines) is 1. The number of ether oxygens (including phenoxy) is 2. The van der Waals surface area contributed by atoms with E-state index in [2.05, 4.69) is 34.1 Å². The van der Waals surface area contributed by atoms with E-state index in [4.69, 9.17) is 14.7 Å². The zero-order valence-electron chi connectivity index (χ0n) is 15.7. The zero-order valence-corrected chi connectivity index (χ0v) is 15.7. The van der Waals surface area contributed by atoms with Crippen LogP contribution in [0.25, 0.3) is 0 Å². The van der Waals surface area contributed by atoms with Crippen molar-refractivity contribution < 1.29 is 14.7 Å². The van der Waals surface area contributed by atoms with Crippen LogP contribution in [0.2, 0.25) is 0 Å². The smallest absolute Gasteiger partial charge is 0.160 e. The van der Waals surface area contributed by atoms with Crippen molar-refractivity contribution in [3.8, 4) is 11.5 Å². The molecule has 1 aliphatic rings. The summed E-state index contributed by atoms with van der Waals surface area (Å²) in [5.74, 6) is 1.56. The molecule has 0 aromatic heterocycles. The van der Waals surface area contributed by atoms with Gasteiger partial charge in [0, 0.05) is 32.5 Å². The van der Waals surface area contributed by atoms with Crippen molar-refractivity contribution in [3.63, 3.8) is 0 Å². The molecule has 6 heteroatoms. The molecule has 1 N–H and O–H groups in total. The lowest BCUT2D eigenvalue weighted by Gasteiger charge is -2.27. The Balaban J connectivity index is 1.66. The Bertz CT molecular complexity index is 553. The number of nitrogens with zero attached hydrogens (tertiary/aromatic N) is 3. The fourth-order valence-corrected chi connectivity index (χ4v) is 3.17. The number of rotatable bonds is 9. The van der Waals surface area contributed by atoms with Crippen LogP contribution in [-0.4, -0.2) is 74.7 Å². The van der Waals surface area contributed by atoms with E-state index in [1.54, 1.807) is 14.2 Å². The molecule has 140 valence electrons. The van der Waals surface area contributed by atoms with E-state index in [1.807, 2.05) is 6.07 Å². The van der Waals surface area contributed by atoms with E-state index in [-0.39, 0.29) is 0 Å². The maximum atomic E-state index is 8.79. The highest BCUT2D eigenvalue weighted by atomic mass is 16.5. The lowest BCUT2D eigenvalue weighted by atomic mass is 10.1. The molecule has 6 nitrogen and oxygen atoms in total.